The number of carbonyl (C=O) groups excluding carboxylic acids is 1. The number of thiazole rings is 1. The molecule has 3 aromatic rings. The molecule has 2 aromatic carbocycles. The topological polar surface area (TPSA) is 64.1 Å². The summed E-state index contributed by atoms with van der Waals surface area (Å²) in [5, 5.41) is 0.630. The Hall–Kier alpha value is -2.84. The average molecular weight is 430 g/mol. The highest BCUT2D eigenvalue weighted by molar-refractivity contribution is 7.22. The van der Waals surface area contributed by atoms with Crippen molar-refractivity contribution in [3.8, 4) is 17.2 Å². The molecule has 0 unspecified atom stereocenters. The number of ether oxygens (including phenoxy) is 3. The van der Waals surface area contributed by atoms with Crippen LogP contribution in [0.1, 0.15) is 17.3 Å². The molecule has 8 heteroatoms. The molecule has 0 bridgehead atoms. The monoisotopic (exact) mass is 429 g/mol. The molecule has 0 atom stereocenters. The molecule has 1 aromatic heterocycles. The van der Waals surface area contributed by atoms with E-state index in [1.807, 2.05) is 44.1 Å². The van der Waals surface area contributed by atoms with Gasteiger partial charge in [0.1, 0.15) is 22.8 Å². The number of anilines is 1. The number of benzene rings is 2. The Morgan fingerprint density at radius 1 is 1.07 bits per heavy atom. The lowest BCUT2D eigenvalue weighted by Crippen LogP contribution is -2.36. The molecule has 7 nitrogen and oxygen atoms in total. The number of amides is 1. The average Bonchev–Trinajstić information content (AvgIpc) is 3.18. The fraction of sp³-hybridized carbons (Fsp3) is 0.364. The summed E-state index contributed by atoms with van der Waals surface area (Å²) >= 11 is 1.47. The van der Waals surface area contributed by atoms with E-state index < -0.39 is 0 Å². The van der Waals surface area contributed by atoms with Gasteiger partial charge in [0, 0.05) is 24.7 Å². The normalized spacial score (nSPS) is 11.0. The maximum Gasteiger partial charge on any atom is 0.260 e. The number of hydrogen-bond acceptors (Lipinski definition) is 7. The van der Waals surface area contributed by atoms with E-state index >= 15 is 0 Å². The lowest BCUT2D eigenvalue weighted by molar-refractivity contribution is 0.0984. The van der Waals surface area contributed by atoms with Gasteiger partial charge in [-0.05, 0) is 45.3 Å². The minimum absolute atomic E-state index is 0.161. The first-order valence-electron chi connectivity index (χ1n) is 9.68. The summed E-state index contributed by atoms with van der Waals surface area (Å²) < 4.78 is 17.4. The molecule has 0 aliphatic heterocycles. The highest BCUT2D eigenvalue weighted by Gasteiger charge is 2.23. The molecule has 3 rings (SSSR count). The van der Waals surface area contributed by atoms with E-state index in [1.165, 1.54) is 11.3 Å². The SMILES string of the molecule is CCOc1cccc2sc(N(CCN(C)C)C(=O)c3cc(OC)cc(OC)c3)nc12. The first-order valence-corrected chi connectivity index (χ1v) is 10.5. The molecule has 0 fully saturated rings. The summed E-state index contributed by atoms with van der Waals surface area (Å²) in [6.07, 6.45) is 0. The molecule has 1 amide bonds. The molecule has 0 radical (unpaired) electrons. The van der Waals surface area contributed by atoms with Crippen molar-refractivity contribution >= 4 is 32.6 Å². The van der Waals surface area contributed by atoms with Crippen LogP contribution in [-0.4, -0.2) is 63.8 Å². The minimum atomic E-state index is -0.161. The minimum Gasteiger partial charge on any atom is -0.497 e. The van der Waals surface area contributed by atoms with E-state index in [1.54, 1.807) is 37.3 Å². The Morgan fingerprint density at radius 2 is 1.77 bits per heavy atom. The molecule has 0 aliphatic carbocycles. The van der Waals surface area contributed by atoms with Crippen LogP contribution < -0.4 is 19.1 Å². The summed E-state index contributed by atoms with van der Waals surface area (Å²) in [5.74, 6) is 1.69. The highest BCUT2D eigenvalue weighted by Crippen LogP contribution is 2.35. The van der Waals surface area contributed by atoms with Crippen LogP contribution in [0.2, 0.25) is 0 Å². The first kappa shape index (κ1) is 21.9. The molecular weight excluding hydrogens is 402 g/mol. The molecule has 0 N–H and O–H groups in total. The van der Waals surface area contributed by atoms with Crippen LogP contribution in [0.4, 0.5) is 5.13 Å². The first-order chi connectivity index (χ1) is 14.5. The fourth-order valence-electron chi connectivity index (χ4n) is 2.97. The fourth-order valence-corrected chi connectivity index (χ4v) is 3.98. The molecule has 160 valence electrons. The van der Waals surface area contributed by atoms with Crippen LogP contribution in [0.25, 0.3) is 10.2 Å². The van der Waals surface area contributed by atoms with Gasteiger partial charge in [-0.25, -0.2) is 4.98 Å². The molecule has 1 heterocycles. The number of para-hydroxylation sites is 1. The van der Waals surface area contributed by atoms with E-state index in [2.05, 4.69) is 0 Å². The van der Waals surface area contributed by atoms with E-state index in [9.17, 15) is 4.79 Å². The van der Waals surface area contributed by atoms with Crippen molar-refractivity contribution in [2.45, 2.75) is 6.92 Å². The van der Waals surface area contributed by atoms with E-state index in [4.69, 9.17) is 19.2 Å². The van der Waals surface area contributed by atoms with Gasteiger partial charge in [-0.2, -0.15) is 0 Å². The molecular formula is C22H27N3O4S. The second-order valence-corrected chi connectivity index (χ2v) is 7.90. The van der Waals surface area contributed by atoms with Gasteiger partial charge >= 0.3 is 0 Å². The van der Waals surface area contributed by atoms with Gasteiger partial charge in [0.2, 0.25) is 0 Å². The third kappa shape index (κ3) is 4.83. The zero-order valence-corrected chi connectivity index (χ0v) is 18.8. The zero-order chi connectivity index (χ0) is 21.7. The maximum atomic E-state index is 13.5. The van der Waals surface area contributed by atoms with Crippen LogP contribution in [0.15, 0.2) is 36.4 Å². The standard InChI is InChI=1S/C22H27N3O4S/c1-6-29-18-8-7-9-19-20(18)23-22(30-19)25(11-10-24(2)3)21(26)15-12-16(27-4)14-17(13-15)28-5/h7-9,12-14H,6,10-11H2,1-5H3. The van der Waals surface area contributed by atoms with Gasteiger partial charge in [0.25, 0.3) is 5.91 Å². The molecule has 0 spiro atoms. The quantitative estimate of drug-likeness (QED) is 0.514. The Morgan fingerprint density at radius 3 is 2.37 bits per heavy atom. The predicted octanol–water partition coefficient (Wildman–Crippen LogP) is 3.92. The van der Waals surface area contributed by atoms with Gasteiger partial charge in [-0.3, -0.25) is 9.69 Å². The smallest absolute Gasteiger partial charge is 0.260 e. The number of aromatic nitrogens is 1. The van der Waals surface area contributed by atoms with Crippen LogP contribution in [0.5, 0.6) is 17.2 Å². The second-order valence-electron chi connectivity index (χ2n) is 6.89. The summed E-state index contributed by atoms with van der Waals surface area (Å²) in [6, 6.07) is 11.0. The Balaban J connectivity index is 2.04. The van der Waals surface area contributed by atoms with Crippen molar-refractivity contribution in [2.24, 2.45) is 0 Å². The maximum absolute atomic E-state index is 13.5. The third-order valence-corrected chi connectivity index (χ3v) is 5.56. The summed E-state index contributed by atoms with van der Waals surface area (Å²) in [7, 11) is 7.08. The van der Waals surface area contributed by atoms with Crippen molar-refractivity contribution in [3.63, 3.8) is 0 Å². The number of likely N-dealkylation sites (N-methyl/N-ethyl adjacent to an activating group) is 1. The summed E-state index contributed by atoms with van der Waals surface area (Å²) in [5.41, 5.74) is 1.25. The summed E-state index contributed by atoms with van der Waals surface area (Å²) in [4.78, 5) is 22.0. The van der Waals surface area contributed by atoms with Crippen LogP contribution in [0.3, 0.4) is 0 Å². The predicted molar refractivity (Wildman–Crippen MR) is 121 cm³/mol. The van der Waals surface area contributed by atoms with Gasteiger partial charge in [-0.1, -0.05) is 17.4 Å². The molecule has 0 aliphatic rings. The van der Waals surface area contributed by atoms with Crippen LogP contribution in [-0.2, 0) is 0 Å². The number of hydrogen-bond donors (Lipinski definition) is 0. The van der Waals surface area contributed by atoms with E-state index in [-0.39, 0.29) is 5.91 Å². The number of fused-ring (bicyclic) bond motifs is 1. The number of nitrogens with zero attached hydrogens (tertiary/aromatic N) is 3. The van der Waals surface area contributed by atoms with Crippen molar-refractivity contribution in [1.29, 1.82) is 0 Å². The van der Waals surface area contributed by atoms with Crippen LogP contribution in [0, 0.1) is 0 Å². The van der Waals surface area contributed by atoms with Gasteiger partial charge < -0.3 is 19.1 Å². The van der Waals surface area contributed by atoms with E-state index in [0.717, 1.165) is 16.0 Å². The van der Waals surface area contributed by atoms with Crippen molar-refractivity contribution < 1.29 is 19.0 Å². The Bertz CT molecular complexity index is 997. The number of carbonyl (C=O) groups is 1. The largest absolute Gasteiger partial charge is 0.497 e. The second kappa shape index (κ2) is 9.77. The van der Waals surface area contributed by atoms with Crippen molar-refractivity contribution in [1.82, 2.24) is 9.88 Å². The molecule has 0 saturated heterocycles. The highest BCUT2D eigenvalue weighted by atomic mass is 32.1. The van der Waals surface area contributed by atoms with Crippen molar-refractivity contribution in [2.75, 3.05) is 52.9 Å². The van der Waals surface area contributed by atoms with Crippen molar-refractivity contribution in [3.05, 3.63) is 42.0 Å². The number of rotatable bonds is 9. The summed E-state index contributed by atoms with van der Waals surface area (Å²) in [6.45, 7) is 3.68. The van der Waals surface area contributed by atoms with Gasteiger partial charge in [0.15, 0.2) is 5.13 Å². The number of methoxy groups -OCH3 is 2. The zero-order valence-electron chi connectivity index (χ0n) is 18.0. The Labute approximate surface area is 180 Å². The third-order valence-electron chi connectivity index (χ3n) is 4.52. The van der Waals surface area contributed by atoms with Gasteiger partial charge in [0.05, 0.1) is 25.5 Å². The lowest BCUT2D eigenvalue weighted by atomic mass is 10.1. The van der Waals surface area contributed by atoms with Crippen LogP contribution >= 0.6 is 11.3 Å². The van der Waals surface area contributed by atoms with Gasteiger partial charge in [-0.15, -0.1) is 0 Å². The lowest BCUT2D eigenvalue weighted by Gasteiger charge is -2.22. The molecule has 0 saturated carbocycles. The van der Waals surface area contributed by atoms with E-state index in [0.29, 0.717) is 41.9 Å². The molecule has 30 heavy (non-hydrogen) atoms. The Kier molecular flexibility index (Phi) is 7.12.